The summed E-state index contributed by atoms with van der Waals surface area (Å²) in [6, 6.07) is -0.474. The molecule has 2 N–H and O–H groups in total. The summed E-state index contributed by atoms with van der Waals surface area (Å²) >= 11 is 0. The number of hydrogen-bond acceptors (Lipinski definition) is 4. The molecule has 78 valence electrons. The molecule has 0 amide bonds. The van der Waals surface area contributed by atoms with Gasteiger partial charge in [-0.25, -0.2) is 0 Å². The van der Waals surface area contributed by atoms with Crippen LogP contribution in [0.5, 0.6) is 0 Å². The van der Waals surface area contributed by atoms with Crippen LogP contribution >= 0.6 is 0 Å². The van der Waals surface area contributed by atoms with Crippen molar-refractivity contribution >= 4 is 17.3 Å². The molecule has 1 rings (SSSR count). The highest BCUT2D eigenvalue weighted by Crippen LogP contribution is 2.33. The Morgan fingerprint density at radius 2 is 1.93 bits per heavy atom. The van der Waals surface area contributed by atoms with Crippen molar-refractivity contribution in [3.05, 3.63) is 0 Å². The highest BCUT2D eigenvalue weighted by atomic mass is 16.2. The lowest BCUT2D eigenvalue weighted by Crippen LogP contribution is -2.55. The zero-order valence-corrected chi connectivity index (χ0v) is 8.66. The summed E-state index contributed by atoms with van der Waals surface area (Å²) in [5.41, 5.74) is 4.93. The standard InChI is InChI=1S/C10H15NO3/c1-5(12)8-6(13)4-7(11)10(2,3)9(8)14/h7-8H,4,11H2,1-3H3. The lowest BCUT2D eigenvalue weighted by atomic mass is 9.66. The van der Waals surface area contributed by atoms with Gasteiger partial charge >= 0.3 is 0 Å². The van der Waals surface area contributed by atoms with Crippen LogP contribution in [0.15, 0.2) is 0 Å². The molecule has 0 spiro atoms. The van der Waals surface area contributed by atoms with E-state index in [0.717, 1.165) is 0 Å². The summed E-state index contributed by atoms with van der Waals surface area (Å²) in [4.78, 5) is 34.3. The summed E-state index contributed by atoms with van der Waals surface area (Å²) in [7, 11) is 0. The molecule has 1 aliphatic rings. The second-order valence-electron chi connectivity index (χ2n) is 4.41. The SMILES string of the molecule is CC(=O)C1C(=O)CC(N)C(C)(C)C1=O. The average molecular weight is 197 g/mol. The van der Waals surface area contributed by atoms with Crippen LogP contribution < -0.4 is 5.73 Å². The molecule has 0 aromatic carbocycles. The van der Waals surface area contributed by atoms with Crippen LogP contribution in [0.3, 0.4) is 0 Å². The monoisotopic (exact) mass is 197 g/mol. The normalized spacial score (nSPS) is 31.7. The van der Waals surface area contributed by atoms with E-state index in [1.54, 1.807) is 13.8 Å². The number of carbonyl (C=O) groups excluding carboxylic acids is 3. The van der Waals surface area contributed by atoms with Crippen LogP contribution in [0.4, 0.5) is 0 Å². The number of Topliss-reactive ketones (excluding diaryl/α,β-unsaturated/α-hetero) is 3. The lowest BCUT2D eigenvalue weighted by molar-refractivity contribution is -0.148. The smallest absolute Gasteiger partial charge is 0.157 e. The molecule has 0 heterocycles. The number of rotatable bonds is 1. The molecule has 1 fully saturated rings. The Morgan fingerprint density at radius 1 is 1.43 bits per heavy atom. The maximum atomic E-state index is 11.8. The van der Waals surface area contributed by atoms with Crippen molar-refractivity contribution in [2.75, 3.05) is 0 Å². The second-order valence-corrected chi connectivity index (χ2v) is 4.41. The van der Waals surface area contributed by atoms with Crippen molar-refractivity contribution in [3.63, 3.8) is 0 Å². The summed E-state index contributed by atoms with van der Waals surface area (Å²) < 4.78 is 0. The van der Waals surface area contributed by atoms with Gasteiger partial charge in [-0.1, -0.05) is 13.8 Å². The first kappa shape index (κ1) is 11.0. The van der Waals surface area contributed by atoms with E-state index in [0.29, 0.717) is 0 Å². The predicted octanol–water partition coefficient (Wildman–Crippen LogP) is 0.0870. The van der Waals surface area contributed by atoms with Gasteiger partial charge in [-0.05, 0) is 6.92 Å². The van der Waals surface area contributed by atoms with Crippen LogP contribution in [0, 0.1) is 11.3 Å². The van der Waals surface area contributed by atoms with Crippen molar-refractivity contribution < 1.29 is 14.4 Å². The molecule has 2 atom stereocenters. The Labute approximate surface area is 82.8 Å². The van der Waals surface area contributed by atoms with Crippen LogP contribution in [0.25, 0.3) is 0 Å². The first-order chi connectivity index (χ1) is 6.28. The fraction of sp³-hybridized carbons (Fsp3) is 0.700. The predicted molar refractivity (Wildman–Crippen MR) is 50.6 cm³/mol. The van der Waals surface area contributed by atoms with E-state index in [-0.39, 0.29) is 23.8 Å². The van der Waals surface area contributed by atoms with Gasteiger partial charge in [0.1, 0.15) is 11.7 Å². The maximum absolute atomic E-state index is 11.8. The number of nitrogens with two attached hydrogens (primary N) is 1. The fourth-order valence-corrected chi connectivity index (χ4v) is 1.70. The van der Waals surface area contributed by atoms with E-state index in [1.165, 1.54) is 6.92 Å². The molecular formula is C10H15NO3. The van der Waals surface area contributed by atoms with Gasteiger partial charge in [-0.3, -0.25) is 14.4 Å². The third-order valence-electron chi connectivity index (χ3n) is 2.97. The van der Waals surface area contributed by atoms with Gasteiger partial charge in [0.15, 0.2) is 11.6 Å². The van der Waals surface area contributed by atoms with Gasteiger partial charge < -0.3 is 5.73 Å². The molecule has 0 aromatic heterocycles. The minimum atomic E-state index is -1.08. The molecule has 0 aliphatic heterocycles. The van der Waals surface area contributed by atoms with E-state index < -0.39 is 17.4 Å². The topological polar surface area (TPSA) is 77.2 Å². The summed E-state index contributed by atoms with van der Waals surface area (Å²) in [5, 5.41) is 0. The number of hydrogen-bond donors (Lipinski definition) is 1. The first-order valence-electron chi connectivity index (χ1n) is 4.61. The van der Waals surface area contributed by atoms with E-state index in [2.05, 4.69) is 0 Å². The molecule has 4 heteroatoms. The summed E-state index contributed by atoms with van der Waals surface area (Å²) in [6.07, 6.45) is 0.114. The van der Waals surface area contributed by atoms with Gasteiger partial charge in [0.25, 0.3) is 0 Å². The number of carbonyl (C=O) groups is 3. The van der Waals surface area contributed by atoms with E-state index in [1.807, 2.05) is 0 Å². The van der Waals surface area contributed by atoms with Crippen LogP contribution in [0.2, 0.25) is 0 Å². The van der Waals surface area contributed by atoms with Crippen molar-refractivity contribution in [2.24, 2.45) is 17.1 Å². The molecule has 0 aromatic rings. The Morgan fingerprint density at radius 3 is 2.36 bits per heavy atom. The molecular weight excluding hydrogens is 182 g/mol. The van der Waals surface area contributed by atoms with E-state index >= 15 is 0 Å². The molecule has 1 saturated carbocycles. The number of ketones is 3. The maximum Gasteiger partial charge on any atom is 0.157 e. The van der Waals surface area contributed by atoms with Crippen molar-refractivity contribution in [1.29, 1.82) is 0 Å². The summed E-state index contributed by atoms with van der Waals surface area (Å²) in [6.45, 7) is 4.64. The third-order valence-corrected chi connectivity index (χ3v) is 2.97. The van der Waals surface area contributed by atoms with Gasteiger partial charge in [-0.15, -0.1) is 0 Å². The van der Waals surface area contributed by atoms with Gasteiger partial charge in [0.2, 0.25) is 0 Å². The Hall–Kier alpha value is -1.03. The second kappa shape index (κ2) is 3.28. The molecule has 0 bridgehead atoms. The van der Waals surface area contributed by atoms with Gasteiger partial charge in [0, 0.05) is 17.9 Å². The minimum Gasteiger partial charge on any atom is -0.326 e. The molecule has 0 saturated heterocycles. The van der Waals surface area contributed by atoms with Crippen molar-refractivity contribution in [3.8, 4) is 0 Å². The fourth-order valence-electron chi connectivity index (χ4n) is 1.70. The molecule has 1 aliphatic carbocycles. The highest BCUT2D eigenvalue weighted by Gasteiger charge is 2.48. The van der Waals surface area contributed by atoms with Gasteiger partial charge in [-0.2, -0.15) is 0 Å². The largest absolute Gasteiger partial charge is 0.326 e. The molecule has 14 heavy (non-hydrogen) atoms. The summed E-state index contributed by atoms with van der Waals surface area (Å²) in [5.74, 6) is -2.13. The van der Waals surface area contributed by atoms with Crippen LogP contribution in [-0.2, 0) is 14.4 Å². The van der Waals surface area contributed by atoms with Crippen LogP contribution in [-0.4, -0.2) is 23.4 Å². The third kappa shape index (κ3) is 1.50. The lowest BCUT2D eigenvalue weighted by Gasteiger charge is -2.36. The van der Waals surface area contributed by atoms with Gasteiger partial charge in [0.05, 0.1) is 0 Å². The average Bonchev–Trinajstić information content (AvgIpc) is 2.00. The Kier molecular flexibility index (Phi) is 2.58. The van der Waals surface area contributed by atoms with Crippen molar-refractivity contribution in [1.82, 2.24) is 0 Å². The Balaban J connectivity index is 3.07. The zero-order chi connectivity index (χ0) is 11.1. The zero-order valence-electron chi connectivity index (χ0n) is 8.66. The van der Waals surface area contributed by atoms with E-state index in [4.69, 9.17) is 5.73 Å². The van der Waals surface area contributed by atoms with Crippen LogP contribution in [0.1, 0.15) is 27.2 Å². The van der Waals surface area contributed by atoms with E-state index in [9.17, 15) is 14.4 Å². The molecule has 0 radical (unpaired) electrons. The Bertz CT molecular complexity index is 306. The first-order valence-corrected chi connectivity index (χ1v) is 4.61. The molecule has 4 nitrogen and oxygen atoms in total. The minimum absolute atomic E-state index is 0.114. The highest BCUT2D eigenvalue weighted by molar-refractivity contribution is 6.21. The van der Waals surface area contributed by atoms with Crippen molar-refractivity contribution in [2.45, 2.75) is 33.2 Å². The molecule has 2 unspecified atom stereocenters. The quantitative estimate of drug-likeness (QED) is 0.604.